The molecule has 0 aromatic carbocycles. The van der Waals surface area contributed by atoms with Crippen LogP contribution in [0.25, 0.3) is 0 Å². The predicted octanol–water partition coefficient (Wildman–Crippen LogP) is 1.88. The molecular formula is C13H25N3S. The van der Waals surface area contributed by atoms with Crippen molar-refractivity contribution in [3.05, 3.63) is 0 Å². The minimum absolute atomic E-state index is 0.593. The first-order valence-electron chi connectivity index (χ1n) is 7.08. The summed E-state index contributed by atoms with van der Waals surface area (Å²) < 4.78 is 0. The van der Waals surface area contributed by atoms with Gasteiger partial charge in [-0.2, -0.15) is 0 Å². The molecule has 0 spiro atoms. The van der Waals surface area contributed by atoms with E-state index in [1.165, 1.54) is 51.6 Å². The van der Waals surface area contributed by atoms with E-state index >= 15 is 0 Å². The number of hydrogen-bond donors (Lipinski definition) is 2. The summed E-state index contributed by atoms with van der Waals surface area (Å²) in [5.41, 5.74) is 0. The molecule has 0 amide bonds. The van der Waals surface area contributed by atoms with Crippen LogP contribution in [0.15, 0.2) is 0 Å². The van der Waals surface area contributed by atoms with E-state index in [2.05, 4.69) is 22.5 Å². The van der Waals surface area contributed by atoms with Gasteiger partial charge >= 0.3 is 0 Å². The highest BCUT2D eigenvalue weighted by molar-refractivity contribution is 7.80. The fourth-order valence-electron chi connectivity index (χ4n) is 2.97. The molecule has 2 atom stereocenters. The Morgan fingerprint density at radius 3 is 3.06 bits per heavy atom. The summed E-state index contributed by atoms with van der Waals surface area (Å²) in [6.45, 7) is 5.77. The summed E-state index contributed by atoms with van der Waals surface area (Å²) in [5.74, 6) is 0. The Kier molecular flexibility index (Phi) is 5.04. The molecule has 98 valence electrons. The molecule has 0 saturated carbocycles. The van der Waals surface area contributed by atoms with Crippen LogP contribution in [0.4, 0.5) is 0 Å². The van der Waals surface area contributed by atoms with Crippen molar-refractivity contribution in [2.75, 3.05) is 19.6 Å². The molecule has 2 heterocycles. The van der Waals surface area contributed by atoms with E-state index in [9.17, 15) is 0 Å². The number of thiocarbonyl (C=S) groups is 1. The standard InChI is InChI=1S/C13H25N3S/c1-2-3-7-14-13(17)15-11-6-9-16-8-4-5-12(16)10-11/h11-12H,2-10H2,1H3,(H2,14,15,17). The largest absolute Gasteiger partial charge is 0.363 e. The fraction of sp³-hybridized carbons (Fsp3) is 0.923. The van der Waals surface area contributed by atoms with Gasteiger partial charge in [-0.15, -0.1) is 0 Å². The normalized spacial score (nSPS) is 28.8. The van der Waals surface area contributed by atoms with Gasteiger partial charge in [-0.3, -0.25) is 0 Å². The lowest BCUT2D eigenvalue weighted by Gasteiger charge is -2.35. The Morgan fingerprint density at radius 1 is 1.35 bits per heavy atom. The Morgan fingerprint density at radius 2 is 2.24 bits per heavy atom. The second-order valence-electron chi connectivity index (χ2n) is 5.31. The Labute approximate surface area is 110 Å². The Bertz CT molecular complexity index is 257. The van der Waals surface area contributed by atoms with Gasteiger partial charge in [0.1, 0.15) is 0 Å². The third-order valence-corrected chi connectivity index (χ3v) is 4.23. The SMILES string of the molecule is CCCCNC(=S)NC1CCN2CCCC2C1. The van der Waals surface area contributed by atoms with E-state index in [1.807, 2.05) is 0 Å². The molecule has 2 fully saturated rings. The molecular weight excluding hydrogens is 230 g/mol. The molecule has 2 rings (SSSR count). The fourth-order valence-corrected chi connectivity index (χ4v) is 3.24. The first kappa shape index (κ1) is 13.1. The number of rotatable bonds is 4. The quantitative estimate of drug-likeness (QED) is 0.592. The summed E-state index contributed by atoms with van der Waals surface area (Å²) in [7, 11) is 0. The summed E-state index contributed by atoms with van der Waals surface area (Å²) in [6, 6.07) is 1.41. The molecule has 2 aliphatic rings. The maximum atomic E-state index is 5.33. The van der Waals surface area contributed by atoms with Crippen molar-refractivity contribution in [2.45, 2.75) is 57.5 Å². The summed E-state index contributed by atoms with van der Waals surface area (Å²) in [5, 5.41) is 7.64. The zero-order chi connectivity index (χ0) is 12.1. The number of hydrogen-bond acceptors (Lipinski definition) is 2. The average Bonchev–Trinajstić information content (AvgIpc) is 2.76. The molecule has 0 radical (unpaired) electrons. The second kappa shape index (κ2) is 6.55. The van der Waals surface area contributed by atoms with Crippen molar-refractivity contribution in [3.8, 4) is 0 Å². The van der Waals surface area contributed by atoms with Crippen LogP contribution >= 0.6 is 12.2 Å². The highest BCUT2D eigenvalue weighted by Gasteiger charge is 2.31. The van der Waals surface area contributed by atoms with Gasteiger partial charge in [0.25, 0.3) is 0 Å². The molecule has 2 N–H and O–H groups in total. The molecule has 0 bridgehead atoms. The van der Waals surface area contributed by atoms with Gasteiger partial charge < -0.3 is 15.5 Å². The predicted molar refractivity (Wildman–Crippen MR) is 76.3 cm³/mol. The van der Waals surface area contributed by atoms with Gasteiger partial charge in [0.05, 0.1) is 0 Å². The van der Waals surface area contributed by atoms with Crippen LogP contribution in [0, 0.1) is 0 Å². The summed E-state index contributed by atoms with van der Waals surface area (Å²) in [6.07, 6.45) is 7.70. The first-order valence-corrected chi connectivity index (χ1v) is 7.49. The molecule has 2 unspecified atom stereocenters. The van der Waals surface area contributed by atoms with Gasteiger partial charge in [0, 0.05) is 25.2 Å². The highest BCUT2D eigenvalue weighted by atomic mass is 32.1. The molecule has 0 aromatic rings. The molecule has 4 heteroatoms. The van der Waals surface area contributed by atoms with E-state index in [1.54, 1.807) is 0 Å². The maximum Gasteiger partial charge on any atom is 0.166 e. The van der Waals surface area contributed by atoms with Crippen molar-refractivity contribution in [3.63, 3.8) is 0 Å². The zero-order valence-corrected chi connectivity index (χ0v) is 11.7. The number of nitrogens with one attached hydrogen (secondary N) is 2. The van der Waals surface area contributed by atoms with Crippen LogP contribution in [-0.4, -0.2) is 41.7 Å². The van der Waals surface area contributed by atoms with Crippen molar-refractivity contribution >= 4 is 17.3 Å². The topological polar surface area (TPSA) is 27.3 Å². The van der Waals surface area contributed by atoms with Gasteiger partial charge in [0.2, 0.25) is 0 Å². The lowest BCUT2D eigenvalue weighted by Crippen LogP contribution is -2.49. The van der Waals surface area contributed by atoms with Crippen LogP contribution in [-0.2, 0) is 0 Å². The lowest BCUT2D eigenvalue weighted by atomic mass is 9.98. The zero-order valence-electron chi connectivity index (χ0n) is 10.9. The number of piperidine rings is 1. The summed E-state index contributed by atoms with van der Waals surface area (Å²) >= 11 is 5.33. The van der Waals surface area contributed by atoms with Crippen LogP contribution in [0.5, 0.6) is 0 Å². The number of unbranched alkanes of at least 4 members (excludes halogenated alkanes) is 1. The van der Waals surface area contributed by atoms with E-state index in [0.717, 1.165) is 17.7 Å². The lowest BCUT2D eigenvalue weighted by molar-refractivity contribution is 0.175. The van der Waals surface area contributed by atoms with Crippen molar-refractivity contribution in [2.24, 2.45) is 0 Å². The monoisotopic (exact) mass is 255 g/mol. The Balaban J connectivity index is 1.67. The minimum Gasteiger partial charge on any atom is -0.363 e. The van der Waals surface area contributed by atoms with E-state index in [-0.39, 0.29) is 0 Å². The highest BCUT2D eigenvalue weighted by Crippen LogP contribution is 2.26. The third kappa shape index (κ3) is 3.81. The van der Waals surface area contributed by atoms with Crippen LogP contribution in [0.1, 0.15) is 45.4 Å². The smallest absolute Gasteiger partial charge is 0.166 e. The van der Waals surface area contributed by atoms with Crippen molar-refractivity contribution in [1.29, 1.82) is 0 Å². The van der Waals surface area contributed by atoms with Crippen molar-refractivity contribution < 1.29 is 0 Å². The Hall–Kier alpha value is -0.350. The maximum absolute atomic E-state index is 5.33. The average molecular weight is 255 g/mol. The van der Waals surface area contributed by atoms with Crippen LogP contribution in [0.3, 0.4) is 0 Å². The van der Waals surface area contributed by atoms with Crippen LogP contribution in [0.2, 0.25) is 0 Å². The molecule has 0 aliphatic carbocycles. The minimum atomic E-state index is 0.593. The van der Waals surface area contributed by atoms with E-state index < -0.39 is 0 Å². The van der Waals surface area contributed by atoms with Gasteiger partial charge in [-0.1, -0.05) is 13.3 Å². The number of fused-ring (bicyclic) bond motifs is 1. The third-order valence-electron chi connectivity index (χ3n) is 3.97. The first-order chi connectivity index (χ1) is 8.29. The second-order valence-corrected chi connectivity index (χ2v) is 5.72. The van der Waals surface area contributed by atoms with Gasteiger partial charge in [-0.05, 0) is 50.9 Å². The van der Waals surface area contributed by atoms with Gasteiger partial charge in [-0.25, -0.2) is 0 Å². The molecule has 0 aromatic heterocycles. The molecule has 3 nitrogen and oxygen atoms in total. The van der Waals surface area contributed by atoms with Crippen molar-refractivity contribution in [1.82, 2.24) is 15.5 Å². The number of nitrogens with zero attached hydrogens (tertiary/aromatic N) is 1. The van der Waals surface area contributed by atoms with E-state index in [4.69, 9.17) is 12.2 Å². The van der Waals surface area contributed by atoms with Crippen LogP contribution < -0.4 is 10.6 Å². The van der Waals surface area contributed by atoms with Gasteiger partial charge in [0.15, 0.2) is 5.11 Å². The molecule has 2 aliphatic heterocycles. The molecule has 2 saturated heterocycles. The molecule has 17 heavy (non-hydrogen) atoms. The summed E-state index contributed by atoms with van der Waals surface area (Å²) in [4.78, 5) is 2.64. The van der Waals surface area contributed by atoms with E-state index in [0.29, 0.717) is 6.04 Å².